The Kier molecular flexibility index (Phi) is 6.85. The number of ether oxygens (including phenoxy) is 1. The lowest BCUT2D eigenvalue weighted by atomic mass is 10.1. The summed E-state index contributed by atoms with van der Waals surface area (Å²) in [7, 11) is 4.66. The molecular formula is C22H23N5O4. The Bertz CT molecular complexity index is 1160. The minimum absolute atomic E-state index is 0.154. The van der Waals surface area contributed by atoms with Gasteiger partial charge in [-0.3, -0.25) is 4.79 Å². The maximum absolute atomic E-state index is 12.3. The Morgan fingerprint density at radius 2 is 2.23 bits per heavy atom. The van der Waals surface area contributed by atoms with Crippen LogP contribution in [0.4, 0.5) is 5.82 Å². The molecule has 0 saturated heterocycles. The highest BCUT2D eigenvalue weighted by atomic mass is 16.5. The number of amides is 1. The van der Waals surface area contributed by atoms with E-state index in [-0.39, 0.29) is 5.69 Å². The third-order valence-electron chi connectivity index (χ3n) is 4.62. The molecule has 0 aliphatic carbocycles. The number of esters is 1. The normalized spacial score (nSPS) is 11.4. The van der Waals surface area contributed by atoms with Crippen molar-refractivity contribution >= 4 is 29.1 Å². The number of aromatic nitrogens is 3. The molecule has 31 heavy (non-hydrogen) atoms. The fourth-order valence-electron chi connectivity index (χ4n) is 3.02. The van der Waals surface area contributed by atoms with Crippen molar-refractivity contribution in [3.05, 3.63) is 47.8 Å². The lowest BCUT2D eigenvalue weighted by Crippen LogP contribution is -2.21. The van der Waals surface area contributed by atoms with Gasteiger partial charge in [0.25, 0.3) is 0 Å². The Labute approximate surface area is 179 Å². The summed E-state index contributed by atoms with van der Waals surface area (Å²) in [6, 6.07) is 9.05. The first-order valence-corrected chi connectivity index (χ1v) is 9.57. The third kappa shape index (κ3) is 4.82. The molecule has 160 valence electrons. The zero-order valence-electron chi connectivity index (χ0n) is 17.5. The molecular weight excluding hydrogens is 398 g/mol. The summed E-state index contributed by atoms with van der Waals surface area (Å²) in [5.41, 5.74) is 2.20. The summed E-state index contributed by atoms with van der Waals surface area (Å²) < 4.78 is 6.51. The SMILES string of the molecule is CNc1nccc2c1c(C(=O)OC)nn2-c1cccc(C#CC(O)CCN(C)C=O)c1. The highest BCUT2D eigenvalue weighted by molar-refractivity contribution is 6.07. The van der Waals surface area contributed by atoms with Crippen LogP contribution in [0.5, 0.6) is 0 Å². The van der Waals surface area contributed by atoms with Crippen LogP contribution in [0.25, 0.3) is 16.6 Å². The zero-order chi connectivity index (χ0) is 22.4. The van der Waals surface area contributed by atoms with Crippen LogP contribution in [-0.2, 0) is 9.53 Å². The van der Waals surface area contributed by atoms with Crippen LogP contribution < -0.4 is 5.32 Å². The van der Waals surface area contributed by atoms with Gasteiger partial charge in [-0.25, -0.2) is 14.5 Å². The van der Waals surface area contributed by atoms with E-state index in [1.54, 1.807) is 31.0 Å². The van der Waals surface area contributed by atoms with Gasteiger partial charge in [0.2, 0.25) is 6.41 Å². The van der Waals surface area contributed by atoms with Crippen LogP contribution in [0.3, 0.4) is 0 Å². The Balaban J connectivity index is 1.97. The second kappa shape index (κ2) is 9.73. The Morgan fingerprint density at radius 1 is 1.42 bits per heavy atom. The maximum Gasteiger partial charge on any atom is 0.359 e. The largest absolute Gasteiger partial charge is 0.464 e. The first-order valence-electron chi connectivity index (χ1n) is 9.57. The number of aliphatic hydroxyl groups excluding tert-OH is 1. The molecule has 0 saturated carbocycles. The van der Waals surface area contributed by atoms with Crippen molar-refractivity contribution < 1.29 is 19.4 Å². The molecule has 2 heterocycles. The number of rotatable bonds is 7. The van der Waals surface area contributed by atoms with E-state index in [9.17, 15) is 14.7 Å². The number of aliphatic hydroxyl groups is 1. The molecule has 1 atom stereocenters. The lowest BCUT2D eigenvalue weighted by Gasteiger charge is -2.10. The topological polar surface area (TPSA) is 110 Å². The molecule has 2 aromatic heterocycles. The van der Waals surface area contributed by atoms with Gasteiger partial charge >= 0.3 is 5.97 Å². The van der Waals surface area contributed by atoms with Crippen LogP contribution in [-0.4, -0.2) is 71.0 Å². The molecule has 0 fully saturated rings. The molecule has 0 bridgehead atoms. The highest BCUT2D eigenvalue weighted by Crippen LogP contribution is 2.27. The first-order chi connectivity index (χ1) is 15.0. The zero-order valence-corrected chi connectivity index (χ0v) is 17.5. The summed E-state index contributed by atoms with van der Waals surface area (Å²) >= 11 is 0. The number of carbonyl (C=O) groups excluding carboxylic acids is 2. The molecule has 9 heteroatoms. The van der Waals surface area contributed by atoms with E-state index in [2.05, 4.69) is 27.2 Å². The molecule has 1 aromatic carbocycles. The molecule has 0 aliphatic heterocycles. The van der Waals surface area contributed by atoms with Crippen LogP contribution in [0.2, 0.25) is 0 Å². The number of hydrogen-bond donors (Lipinski definition) is 2. The van der Waals surface area contributed by atoms with Crippen molar-refractivity contribution in [1.82, 2.24) is 19.7 Å². The van der Waals surface area contributed by atoms with Crippen molar-refractivity contribution in [1.29, 1.82) is 0 Å². The van der Waals surface area contributed by atoms with Gasteiger partial charge in [0, 0.05) is 38.8 Å². The second-order valence-corrected chi connectivity index (χ2v) is 6.77. The number of methoxy groups -OCH3 is 1. The van der Waals surface area contributed by atoms with Crippen molar-refractivity contribution in [2.24, 2.45) is 0 Å². The minimum Gasteiger partial charge on any atom is -0.464 e. The smallest absolute Gasteiger partial charge is 0.359 e. The number of anilines is 1. The molecule has 3 rings (SSSR count). The van der Waals surface area contributed by atoms with Crippen molar-refractivity contribution in [2.75, 3.05) is 33.1 Å². The van der Waals surface area contributed by atoms with Crippen molar-refractivity contribution in [3.63, 3.8) is 0 Å². The highest BCUT2D eigenvalue weighted by Gasteiger charge is 2.21. The van der Waals surface area contributed by atoms with Crippen LogP contribution in [0.15, 0.2) is 36.5 Å². The molecule has 0 radical (unpaired) electrons. The summed E-state index contributed by atoms with van der Waals surface area (Å²) in [4.78, 5) is 28.6. The number of hydrogen-bond acceptors (Lipinski definition) is 7. The molecule has 2 N–H and O–H groups in total. The van der Waals surface area contributed by atoms with Gasteiger partial charge in [0.05, 0.1) is 23.7 Å². The Morgan fingerprint density at radius 3 is 2.94 bits per heavy atom. The summed E-state index contributed by atoms with van der Waals surface area (Å²) in [6.45, 7) is 0.413. The molecule has 3 aromatic rings. The molecule has 1 amide bonds. The van der Waals surface area contributed by atoms with Gasteiger partial charge in [0.1, 0.15) is 11.9 Å². The number of fused-ring (bicyclic) bond motifs is 1. The fourth-order valence-corrected chi connectivity index (χ4v) is 3.02. The van der Waals surface area contributed by atoms with E-state index < -0.39 is 12.1 Å². The first kappa shape index (κ1) is 21.8. The van der Waals surface area contributed by atoms with E-state index in [4.69, 9.17) is 4.74 Å². The monoisotopic (exact) mass is 421 g/mol. The van der Waals surface area contributed by atoms with Crippen molar-refractivity contribution in [3.8, 4) is 17.5 Å². The summed E-state index contributed by atoms with van der Waals surface area (Å²) in [5, 5.41) is 18.0. The maximum atomic E-state index is 12.3. The lowest BCUT2D eigenvalue weighted by molar-refractivity contribution is -0.117. The van der Waals surface area contributed by atoms with Gasteiger partial charge in [-0.1, -0.05) is 17.9 Å². The number of nitrogens with zero attached hydrogens (tertiary/aromatic N) is 4. The van der Waals surface area contributed by atoms with Crippen LogP contribution in [0.1, 0.15) is 22.5 Å². The van der Waals surface area contributed by atoms with E-state index in [1.807, 2.05) is 24.3 Å². The number of carbonyl (C=O) groups is 2. The predicted octanol–water partition coefficient (Wildman–Crippen LogP) is 1.44. The standard InChI is InChI=1S/C22H23N5O4/c1-23-21-19-18(9-11-24-21)27(25-20(19)22(30)31-3)16-6-4-5-15(13-16)7-8-17(29)10-12-26(2)14-28/h4-6,9,11,13-14,17,29H,10,12H2,1-3H3,(H,23,24). The van der Waals surface area contributed by atoms with E-state index in [0.717, 1.165) is 0 Å². The third-order valence-corrected chi connectivity index (χ3v) is 4.62. The minimum atomic E-state index is -0.855. The van der Waals surface area contributed by atoms with Gasteiger partial charge in [-0.05, 0) is 24.3 Å². The molecule has 1 unspecified atom stereocenters. The van der Waals surface area contributed by atoms with Gasteiger partial charge in [0.15, 0.2) is 5.69 Å². The van der Waals surface area contributed by atoms with E-state index in [0.29, 0.717) is 47.3 Å². The van der Waals surface area contributed by atoms with Gasteiger partial charge in [-0.2, -0.15) is 5.10 Å². The molecule has 0 spiro atoms. The molecule has 9 nitrogen and oxygen atoms in total. The Hall–Kier alpha value is -3.90. The van der Waals surface area contributed by atoms with Crippen LogP contribution in [0, 0.1) is 11.8 Å². The number of pyridine rings is 1. The second-order valence-electron chi connectivity index (χ2n) is 6.77. The van der Waals surface area contributed by atoms with Gasteiger partial charge in [-0.15, -0.1) is 0 Å². The van der Waals surface area contributed by atoms with Crippen LogP contribution >= 0.6 is 0 Å². The fraction of sp³-hybridized carbons (Fsp3) is 0.273. The van der Waals surface area contributed by atoms with E-state index in [1.165, 1.54) is 12.0 Å². The summed E-state index contributed by atoms with van der Waals surface area (Å²) in [5.74, 6) is 5.68. The van der Waals surface area contributed by atoms with Gasteiger partial charge < -0.3 is 20.1 Å². The summed E-state index contributed by atoms with van der Waals surface area (Å²) in [6.07, 6.45) is 1.83. The average molecular weight is 421 g/mol. The van der Waals surface area contributed by atoms with Crippen molar-refractivity contribution in [2.45, 2.75) is 12.5 Å². The predicted molar refractivity (Wildman–Crippen MR) is 116 cm³/mol. The number of benzene rings is 1. The number of nitrogens with one attached hydrogen (secondary N) is 1. The average Bonchev–Trinajstić information content (AvgIpc) is 3.20. The van der Waals surface area contributed by atoms with E-state index >= 15 is 0 Å². The molecule has 0 aliphatic rings. The quantitative estimate of drug-likeness (QED) is 0.337.